The topological polar surface area (TPSA) is 116 Å². The number of nitro groups is 1. The van der Waals surface area contributed by atoms with Crippen molar-refractivity contribution in [2.45, 2.75) is 13.3 Å². The molecule has 0 unspecified atom stereocenters. The molecule has 0 fully saturated rings. The number of aromatic hydroxyl groups is 1. The Labute approximate surface area is 144 Å². The Morgan fingerprint density at radius 2 is 2.08 bits per heavy atom. The summed E-state index contributed by atoms with van der Waals surface area (Å²) in [6, 6.07) is 12.6. The zero-order valence-corrected chi connectivity index (χ0v) is 13.4. The van der Waals surface area contributed by atoms with E-state index in [1.807, 2.05) is 19.1 Å². The fraction of sp³-hybridized carbons (Fsp3) is 0.111. The van der Waals surface area contributed by atoms with Crippen LogP contribution in [0.4, 0.5) is 11.4 Å². The van der Waals surface area contributed by atoms with Gasteiger partial charge in [-0.2, -0.15) is 5.26 Å². The number of rotatable bonds is 5. The zero-order chi connectivity index (χ0) is 18.4. The molecule has 0 aromatic heterocycles. The Hall–Kier alpha value is -3.66. The highest BCUT2D eigenvalue weighted by Gasteiger charge is 2.15. The number of phenols is 1. The van der Waals surface area contributed by atoms with Crippen LogP contribution in [0.3, 0.4) is 0 Å². The van der Waals surface area contributed by atoms with Crippen molar-refractivity contribution in [2.24, 2.45) is 0 Å². The first-order valence-corrected chi connectivity index (χ1v) is 7.44. The smallest absolute Gasteiger partial charge is 0.311 e. The Morgan fingerprint density at radius 1 is 1.36 bits per heavy atom. The number of hydrogen-bond acceptors (Lipinski definition) is 5. The van der Waals surface area contributed by atoms with Crippen molar-refractivity contribution in [2.75, 3.05) is 5.32 Å². The molecule has 0 aliphatic carbocycles. The molecule has 0 spiro atoms. The lowest BCUT2D eigenvalue weighted by Crippen LogP contribution is -2.14. The molecule has 25 heavy (non-hydrogen) atoms. The van der Waals surface area contributed by atoms with E-state index in [9.17, 15) is 25.3 Å². The number of benzene rings is 2. The van der Waals surface area contributed by atoms with Crippen molar-refractivity contribution >= 4 is 23.4 Å². The molecule has 2 rings (SSSR count). The second-order valence-corrected chi connectivity index (χ2v) is 5.14. The number of nitriles is 1. The minimum absolute atomic E-state index is 0.203. The summed E-state index contributed by atoms with van der Waals surface area (Å²) < 4.78 is 0. The summed E-state index contributed by atoms with van der Waals surface area (Å²) in [7, 11) is 0. The highest BCUT2D eigenvalue weighted by atomic mass is 16.6. The summed E-state index contributed by atoms with van der Waals surface area (Å²) in [5.41, 5.74) is 1.09. The molecule has 2 N–H and O–H groups in total. The van der Waals surface area contributed by atoms with E-state index >= 15 is 0 Å². The largest absolute Gasteiger partial charge is 0.502 e. The molecule has 0 saturated heterocycles. The van der Waals surface area contributed by atoms with E-state index in [4.69, 9.17) is 0 Å². The minimum atomic E-state index is -0.740. The van der Waals surface area contributed by atoms with Gasteiger partial charge in [0.25, 0.3) is 5.91 Å². The number of amides is 1. The zero-order valence-electron chi connectivity index (χ0n) is 13.4. The van der Waals surface area contributed by atoms with Crippen LogP contribution in [0.5, 0.6) is 5.75 Å². The van der Waals surface area contributed by atoms with Crippen LogP contribution in [-0.4, -0.2) is 15.9 Å². The summed E-state index contributed by atoms with van der Waals surface area (Å²) in [4.78, 5) is 22.4. The number of hydrogen-bond donors (Lipinski definition) is 2. The number of anilines is 1. The van der Waals surface area contributed by atoms with Gasteiger partial charge in [0, 0.05) is 11.8 Å². The Bertz CT molecular complexity index is 897. The molecule has 0 atom stereocenters. The molecule has 2 aromatic carbocycles. The maximum absolute atomic E-state index is 12.3. The maximum atomic E-state index is 12.3. The first kappa shape index (κ1) is 17.7. The van der Waals surface area contributed by atoms with E-state index in [0.29, 0.717) is 12.1 Å². The lowest BCUT2D eigenvalue weighted by atomic mass is 10.1. The van der Waals surface area contributed by atoms with Crippen LogP contribution in [0.25, 0.3) is 6.08 Å². The van der Waals surface area contributed by atoms with Crippen LogP contribution in [-0.2, 0) is 11.2 Å². The van der Waals surface area contributed by atoms with E-state index in [-0.39, 0.29) is 11.1 Å². The second-order valence-electron chi connectivity index (χ2n) is 5.14. The lowest BCUT2D eigenvalue weighted by molar-refractivity contribution is -0.385. The number of nitro benzene ring substituents is 1. The Kier molecular flexibility index (Phi) is 5.48. The molecule has 2 aromatic rings. The first-order chi connectivity index (χ1) is 12.0. The van der Waals surface area contributed by atoms with Crippen molar-refractivity contribution in [3.8, 4) is 11.8 Å². The van der Waals surface area contributed by atoms with Gasteiger partial charge in [0.1, 0.15) is 11.6 Å². The van der Waals surface area contributed by atoms with Crippen LogP contribution in [0.2, 0.25) is 0 Å². The van der Waals surface area contributed by atoms with Crippen LogP contribution in [0, 0.1) is 21.4 Å². The van der Waals surface area contributed by atoms with Gasteiger partial charge >= 0.3 is 5.69 Å². The lowest BCUT2D eigenvalue weighted by Gasteiger charge is -2.09. The number of carbonyl (C=O) groups is 1. The number of aryl methyl sites for hydroxylation is 1. The molecular weight excluding hydrogens is 322 g/mol. The van der Waals surface area contributed by atoms with Crippen molar-refractivity contribution in [3.63, 3.8) is 0 Å². The van der Waals surface area contributed by atoms with Crippen molar-refractivity contribution in [1.29, 1.82) is 5.26 Å². The summed E-state index contributed by atoms with van der Waals surface area (Å²) in [6.45, 7) is 1.95. The summed E-state index contributed by atoms with van der Waals surface area (Å²) in [5, 5.41) is 32.2. The van der Waals surface area contributed by atoms with E-state index in [1.165, 1.54) is 12.1 Å². The van der Waals surface area contributed by atoms with Crippen molar-refractivity contribution in [3.05, 3.63) is 69.3 Å². The standard InChI is InChI=1S/C18H15N3O4/c1-2-13-5-3-4-6-15(13)20-18(23)14(11-19)9-12-7-8-17(22)16(10-12)21(24)25/h3-10,22H,2H2,1H3,(H,20,23)/b14-9-. The summed E-state index contributed by atoms with van der Waals surface area (Å²) >= 11 is 0. The molecule has 7 nitrogen and oxygen atoms in total. The SMILES string of the molecule is CCc1ccccc1NC(=O)/C(C#N)=C\c1ccc(O)c([N+](=O)[O-])c1. The van der Waals surface area contributed by atoms with Crippen LogP contribution >= 0.6 is 0 Å². The van der Waals surface area contributed by atoms with Gasteiger partial charge in [-0.1, -0.05) is 31.2 Å². The summed E-state index contributed by atoms with van der Waals surface area (Å²) in [6.07, 6.45) is 1.95. The number of phenolic OH excluding ortho intramolecular Hbond substituents is 1. The monoisotopic (exact) mass is 337 g/mol. The maximum Gasteiger partial charge on any atom is 0.311 e. The number of nitrogens with one attached hydrogen (secondary N) is 1. The second kappa shape index (κ2) is 7.75. The molecular formula is C18H15N3O4. The third kappa shape index (κ3) is 4.20. The summed E-state index contributed by atoms with van der Waals surface area (Å²) in [5.74, 6) is -1.10. The van der Waals surface area contributed by atoms with Gasteiger partial charge in [0.15, 0.2) is 5.75 Å². The Balaban J connectivity index is 2.31. The molecule has 0 aliphatic rings. The molecule has 0 bridgehead atoms. The van der Waals surface area contributed by atoms with Gasteiger partial charge in [0.05, 0.1) is 4.92 Å². The molecule has 0 saturated carbocycles. The predicted molar refractivity (Wildman–Crippen MR) is 92.8 cm³/mol. The van der Waals surface area contributed by atoms with Crippen LogP contribution in [0.15, 0.2) is 48.0 Å². The van der Waals surface area contributed by atoms with E-state index in [0.717, 1.165) is 17.7 Å². The van der Waals surface area contributed by atoms with Crippen LogP contribution < -0.4 is 5.32 Å². The molecule has 1 amide bonds. The average molecular weight is 337 g/mol. The van der Waals surface area contributed by atoms with Gasteiger partial charge in [-0.15, -0.1) is 0 Å². The Morgan fingerprint density at radius 3 is 2.72 bits per heavy atom. The molecule has 0 heterocycles. The number of nitrogens with zero attached hydrogens (tertiary/aromatic N) is 2. The normalized spacial score (nSPS) is 10.8. The third-order valence-corrected chi connectivity index (χ3v) is 3.52. The molecule has 0 radical (unpaired) electrons. The third-order valence-electron chi connectivity index (χ3n) is 3.52. The van der Waals surface area contributed by atoms with E-state index < -0.39 is 22.3 Å². The van der Waals surface area contributed by atoms with E-state index in [2.05, 4.69) is 5.32 Å². The highest BCUT2D eigenvalue weighted by molar-refractivity contribution is 6.10. The molecule has 7 heteroatoms. The first-order valence-electron chi connectivity index (χ1n) is 7.44. The van der Waals surface area contributed by atoms with Crippen molar-refractivity contribution in [1.82, 2.24) is 0 Å². The fourth-order valence-electron chi connectivity index (χ4n) is 2.23. The molecule has 0 aliphatic heterocycles. The van der Waals surface area contributed by atoms with Gasteiger partial charge in [-0.3, -0.25) is 14.9 Å². The van der Waals surface area contributed by atoms with Gasteiger partial charge < -0.3 is 10.4 Å². The highest BCUT2D eigenvalue weighted by Crippen LogP contribution is 2.27. The quantitative estimate of drug-likeness (QED) is 0.375. The number of para-hydroxylation sites is 1. The van der Waals surface area contributed by atoms with Gasteiger partial charge in [-0.25, -0.2) is 0 Å². The molecule has 126 valence electrons. The predicted octanol–water partition coefficient (Wildman–Crippen LogP) is 3.41. The van der Waals surface area contributed by atoms with E-state index in [1.54, 1.807) is 18.2 Å². The fourth-order valence-corrected chi connectivity index (χ4v) is 2.23. The van der Waals surface area contributed by atoms with Gasteiger partial charge in [-0.05, 0) is 35.8 Å². The minimum Gasteiger partial charge on any atom is -0.502 e. The average Bonchev–Trinajstić information content (AvgIpc) is 2.61. The van der Waals surface area contributed by atoms with Crippen LogP contribution in [0.1, 0.15) is 18.1 Å². The number of carbonyl (C=O) groups excluding carboxylic acids is 1. The van der Waals surface area contributed by atoms with Crippen molar-refractivity contribution < 1.29 is 14.8 Å². The van der Waals surface area contributed by atoms with Gasteiger partial charge in [0.2, 0.25) is 0 Å².